The highest BCUT2D eigenvalue weighted by Crippen LogP contribution is 2.32. The lowest BCUT2D eigenvalue weighted by molar-refractivity contribution is -0.0295. The molecule has 1 aromatic carbocycles. The van der Waals surface area contributed by atoms with Gasteiger partial charge in [-0.25, -0.2) is 8.78 Å². The minimum atomic E-state index is -2.52. The van der Waals surface area contributed by atoms with Crippen molar-refractivity contribution >= 4 is 0 Å². The highest BCUT2D eigenvalue weighted by atomic mass is 19.3. The molecule has 4 heteroatoms. The Morgan fingerprint density at radius 2 is 1.82 bits per heavy atom. The number of hydrogen-bond donors (Lipinski definition) is 1. The second-order valence-corrected chi connectivity index (χ2v) is 3.94. The van der Waals surface area contributed by atoms with Gasteiger partial charge in [-0.3, -0.25) is 0 Å². The Kier molecular flexibility index (Phi) is 4.87. The molecule has 0 saturated heterocycles. The second-order valence-electron chi connectivity index (χ2n) is 3.94. The van der Waals surface area contributed by atoms with Crippen molar-refractivity contribution in [3.63, 3.8) is 0 Å². The Morgan fingerprint density at radius 1 is 1.24 bits per heavy atom. The summed E-state index contributed by atoms with van der Waals surface area (Å²) >= 11 is 0. The number of hydrogen-bond acceptors (Lipinski definition) is 2. The first-order valence-electron chi connectivity index (χ1n) is 5.75. The van der Waals surface area contributed by atoms with E-state index in [9.17, 15) is 13.9 Å². The van der Waals surface area contributed by atoms with Crippen LogP contribution in [-0.2, 0) is 5.60 Å². The molecule has 0 radical (unpaired) electrons. The summed E-state index contributed by atoms with van der Waals surface area (Å²) in [6.07, 6.45) is -2.81. The molecule has 0 aliphatic rings. The van der Waals surface area contributed by atoms with E-state index in [1.165, 1.54) is 0 Å². The highest BCUT2D eigenvalue weighted by Gasteiger charge is 2.30. The third kappa shape index (κ3) is 3.66. The number of alkyl halides is 2. The van der Waals surface area contributed by atoms with E-state index in [2.05, 4.69) is 0 Å². The van der Waals surface area contributed by atoms with E-state index in [0.717, 1.165) is 0 Å². The van der Waals surface area contributed by atoms with Gasteiger partial charge in [0, 0.05) is 6.42 Å². The molecule has 1 rings (SSSR count). The first-order chi connectivity index (χ1) is 8.01. The van der Waals surface area contributed by atoms with Crippen molar-refractivity contribution in [2.45, 2.75) is 38.7 Å². The van der Waals surface area contributed by atoms with Crippen LogP contribution in [0.25, 0.3) is 0 Å². The minimum absolute atomic E-state index is 0.255. The molecule has 1 aromatic rings. The van der Waals surface area contributed by atoms with Gasteiger partial charge in [0.1, 0.15) is 5.75 Å². The van der Waals surface area contributed by atoms with Gasteiger partial charge in [-0.05, 0) is 31.0 Å². The van der Waals surface area contributed by atoms with Crippen molar-refractivity contribution in [1.29, 1.82) is 0 Å². The van der Waals surface area contributed by atoms with E-state index in [4.69, 9.17) is 4.74 Å². The molecule has 1 unspecified atom stereocenters. The van der Waals surface area contributed by atoms with Crippen LogP contribution in [0, 0.1) is 0 Å². The zero-order chi connectivity index (χ0) is 12.9. The van der Waals surface area contributed by atoms with E-state index < -0.39 is 18.4 Å². The first-order valence-corrected chi connectivity index (χ1v) is 5.75. The predicted molar refractivity (Wildman–Crippen MR) is 62.4 cm³/mol. The third-order valence-electron chi connectivity index (χ3n) is 2.78. The van der Waals surface area contributed by atoms with Crippen molar-refractivity contribution in [2.24, 2.45) is 0 Å². The third-order valence-corrected chi connectivity index (χ3v) is 2.78. The lowest BCUT2D eigenvalue weighted by atomic mass is 9.88. The molecule has 0 aromatic heterocycles. The van der Waals surface area contributed by atoms with Crippen molar-refractivity contribution in [3.05, 3.63) is 29.8 Å². The molecule has 0 spiro atoms. The fourth-order valence-corrected chi connectivity index (χ4v) is 1.75. The molecule has 0 amide bonds. The Bertz CT molecular complexity index is 338. The number of halogens is 2. The van der Waals surface area contributed by atoms with Crippen LogP contribution in [0.4, 0.5) is 8.78 Å². The highest BCUT2D eigenvalue weighted by molar-refractivity contribution is 5.30. The van der Waals surface area contributed by atoms with Crippen molar-refractivity contribution in [2.75, 3.05) is 6.61 Å². The lowest BCUT2D eigenvalue weighted by Gasteiger charge is -2.27. The summed E-state index contributed by atoms with van der Waals surface area (Å²) in [4.78, 5) is 0. The summed E-state index contributed by atoms with van der Waals surface area (Å²) in [5.41, 5.74) is -0.956. The average molecular weight is 244 g/mol. The molecule has 0 saturated carbocycles. The van der Waals surface area contributed by atoms with Crippen LogP contribution >= 0.6 is 0 Å². The molecular formula is C13H18F2O2. The molecule has 17 heavy (non-hydrogen) atoms. The van der Waals surface area contributed by atoms with Gasteiger partial charge >= 0.3 is 0 Å². The van der Waals surface area contributed by atoms with E-state index >= 15 is 0 Å². The summed E-state index contributed by atoms with van der Waals surface area (Å²) < 4.78 is 30.1. The van der Waals surface area contributed by atoms with Crippen LogP contribution in [0.5, 0.6) is 5.75 Å². The van der Waals surface area contributed by atoms with Crippen LogP contribution in [0.2, 0.25) is 0 Å². The van der Waals surface area contributed by atoms with Crippen LogP contribution in [0.1, 0.15) is 32.3 Å². The molecule has 1 atom stereocenters. The topological polar surface area (TPSA) is 29.5 Å². The van der Waals surface area contributed by atoms with Gasteiger partial charge in [-0.15, -0.1) is 0 Å². The number of rotatable bonds is 6. The predicted octanol–water partition coefficient (Wildman–Crippen LogP) is 3.34. The van der Waals surface area contributed by atoms with E-state index in [-0.39, 0.29) is 6.42 Å². The van der Waals surface area contributed by atoms with Gasteiger partial charge in [0.2, 0.25) is 6.43 Å². The fraction of sp³-hybridized carbons (Fsp3) is 0.538. The Balaban J connectivity index is 2.88. The Hall–Kier alpha value is -1.16. The number of ether oxygens (including phenoxy) is 1. The maximum atomic E-state index is 12.4. The molecule has 0 aliphatic heterocycles. The normalized spacial score (nSPS) is 14.7. The molecule has 0 aliphatic carbocycles. The first kappa shape index (κ1) is 13.9. The quantitative estimate of drug-likeness (QED) is 0.831. The molecule has 96 valence electrons. The van der Waals surface area contributed by atoms with Gasteiger partial charge in [0.05, 0.1) is 12.2 Å². The average Bonchev–Trinajstić information content (AvgIpc) is 2.29. The van der Waals surface area contributed by atoms with Crippen LogP contribution in [0.15, 0.2) is 24.3 Å². The molecular weight excluding hydrogens is 226 g/mol. The number of benzene rings is 1. The van der Waals surface area contributed by atoms with Gasteiger partial charge in [-0.2, -0.15) is 0 Å². The summed E-state index contributed by atoms with van der Waals surface area (Å²) in [6.45, 7) is 4.11. The van der Waals surface area contributed by atoms with Crippen LogP contribution < -0.4 is 4.74 Å². The van der Waals surface area contributed by atoms with Gasteiger partial charge < -0.3 is 9.84 Å². The number of aliphatic hydroxyl groups is 1. The zero-order valence-corrected chi connectivity index (χ0v) is 10.1. The van der Waals surface area contributed by atoms with Crippen molar-refractivity contribution in [1.82, 2.24) is 0 Å². The summed E-state index contributed by atoms with van der Waals surface area (Å²) in [5.74, 6) is 0.673. The zero-order valence-electron chi connectivity index (χ0n) is 10.1. The maximum absolute atomic E-state index is 12.4. The smallest absolute Gasteiger partial charge is 0.241 e. The van der Waals surface area contributed by atoms with Crippen LogP contribution in [0.3, 0.4) is 0 Å². The van der Waals surface area contributed by atoms with E-state index in [0.29, 0.717) is 17.9 Å². The van der Waals surface area contributed by atoms with Crippen LogP contribution in [-0.4, -0.2) is 18.1 Å². The fourth-order valence-electron chi connectivity index (χ4n) is 1.75. The molecule has 2 nitrogen and oxygen atoms in total. The SMILES string of the molecule is CCOc1ccc(C(O)(CC)CC(F)F)cc1. The summed E-state index contributed by atoms with van der Waals surface area (Å²) in [6, 6.07) is 6.64. The van der Waals surface area contributed by atoms with Gasteiger partial charge in [-0.1, -0.05) is 19.1 Å². The molecule has 0 bridgehead atoms. The minimum Gasteiger partial charge on any atom is -0.494 e. The largest absolute Gasteiger partial charge is 0.494 e. The summed E-state index contributed by atoms with van der Waals surface area (Å²) in [5, 5.41) is 10.2. The van der Waals surface area contributed by atoms with Crippen molar-refractivity contribution < 1.29 is 18.6 Å². The second kappa shape index (κ2) is 5.96. The van der Waals surface area contributed by atoms with E-state index in [1.807, 2.05) is 6.92 Å². The monoisotopic (exact) mass is 244 g/mol. The molecule has 0 heterocycles. The molecule has 1 N–H and O–H groups in total. The Labute approximate surface area is 100 Å². The standard InChI is InChI=1S/C13H18F2O2/c1-3-13(16,9-12(14)15)10-5-7-11(8-6-10)17-4-2/h5-8,12,16H,3-4,9H2,1-2H3. The van der Waals surface area contributed by atoms with E-state index in [1.54, 1.807) is 31.2 Å². The van der Waals surface area contributed by atoms with Gasteiger partial charge in [0.25, 0.3) is 0 Å². The lowest BCUT2D eigenvalue weighted by Crippen LogP contribution is -2.27. The molecule has 0 fully saturated rings. The van der Waals surface area contributed by atoms with Crippen molar-refractivity contribution in [3.8, 4) is 5.75 Å². The maximum Gasteiger partial charge on any atom is 0.241 e. The Morgan fingerprint density at radius 3 is 2.24 bits per heavy atom. The summed E-state index contributed by atoms with van der Waals surface area (Å²) in [7, 11) is 0. The van der Waals surface area contributed by atoms with Gasteiger partial charge in [0.15, 0.2) is 0 Å².